The van der Waals surface area contributed by atoms with Gasteiger partial charge in [0.05, 0.1) is 0 Å². The lowest BCUT2D eigenvalue weighted by atomic mass is 9.97. The fourth-order valence-electron chi connectivity index (χ4n) is 2.84. The number of nitrogens with zero attached hydrogens (tertiary/aromatic N) is 1. The summed E-state index contributed by atoms with van der Waals surface area (Å²) < 4.78 is 6.28. The molecule has 2 aliphatic rings. The minimum absolute atomic E-state index is 0.525. The van der Waals surface area contributed by atoms with E-state index in [1.807, 2.05) is 18.2 Å². The van der Waals surface area contributed by atoms with Crippen molar-refractivity contribution < 1.29 is 4.74 Å². The van der Waals surface area contributed by atoms with E-state index in [0.29, 0.717) is 0 Å². The Kier molecular flexibility index (Phi) is 2.27. The summed E-state index contributed by atoms with van der Waals surface area (Å²) >= 11 is 0. The Bertz CT molecular complexity index is 722. The Hall–Kier alpha value is -2.48. The predicted octanol–water partition coefficient (Wildman–Crippen LogP) is 3.95. The lowest BCUT2D eigenvalue weighted by Gasteiger charge is -2.43. The van der Waals surface area contributed by atoms with Crippen molar-refractivity contribution in [2.45, 2.75) is 5.72 Å². The van der Waals surface area contributed by atoms with Gasteiger partial charge >= 0.3 is 0 Å². The zero-order valence-corrected chi connectivity index (χ0v) is 11.3. The fraction of sp³-hybridized carbons (Fsp3) is 0.111. The number of likely N-dealkylation sites (N-methyl/N-ethyl adjacent to an activating group) is 1. The molecule has 0 saturated heterocycles. The van der Waals surface area contributed by atoms with Gasteiger partial charge in [-0.2, -0.15) is 0 Å². The van der Waals surface area contributed by atoms with Gasteiger partial charge in [-0.05, 0) is 35.9 Å². The molecule has 20 heavy (non-hydrogen) atoms. The van der Waals surface area contributed by atoms with Crippen LogP contribution >= 0.6 is 0 Å². The van der Waals surface area contributed by atoms with E-state index in [0.717, 1.165) is 11.3 Å². The molecule has 0 radical (unpaired) electrons. The molecule has 2 aromatic rings. The Labute approximate surface area is 118 Å². The maximum Gasteiger partial charge on any atom is 0.222 e. The predicted molar refractivity (Wildman–Crippen MR) is 82.7 cm³/mol. The average molecular weight is 261 g/mol. The van der Waals surface area contributed by atoms with Crippen LogP contribution in [-0.4, -0.2) is 12.8 Å². The van der Waals surface area contributed by atoms with E-state index >= 15 is 0 Å². The Morgan fingerprint density at radius 1 is 0.850 bits per heavy atom. The standard InChI is InChI=1S/C18H15NO/c1-19-16-8-4-2-6-14(16)10-12-18(19)13-11-15-7-3-5-9-17(15)20-18/h2-13H,1H3. The summed E-state index contributed by atoms with van der Waals surface area (Å²) in [4.78, 5) is 2.18. The van der Waals surface area contributed by atoms with Gasteiger partial charge in [0.15, 0.2) is 0 Å². The fourth-order valence-corrected chi connectivity index (χ4v) is 2.84. The number of benzene rings is 2. The minimum atomic E-state index is -0.525. The van der Waals surface area contributed by atoms with Crippen molar-refractivity contribution in [3.63, 3.8) is 0 Å². The monoisotopic (exact) mass is 261 g/mol. The molecular weight excluding hydrogens is 246 g/mol. The van der Waals surface area contributed by atoms with Crippen molar-refractivity contribution in [2.75, 3.05) is 11.9 Å². The molecule has 2 heterocycles. The topological polar surface area (TPSA) is 12.5 Å². The van der Waals surface area contributed by atoms with Crippen LogP contribution in [-0.2, 0) is 0 Å². The zero-order chi connectivity index (χ0) is 13.6. The van der Waals surface area contributed by atoms with Crippen LogP contribution in [0.5, 0.6) is 5.75 Å². The van der Waals surface area contributed by atoms with Crippen molar-refractivity contribution in [1.29, 1.82) is 0 Å². The third kappa shape index (κ3) is 1.51. The summed E-state index contributed by atoms with van der Waals surface area (Å²) in [5.74, 6) is 0.922. The molecule has 0 N–H and O–H groups in total. The Balaban J connectivity index is 1.82. The second kappa shape index (κ2) is 4.01. The van der Waals surface area contributed by atoms with Crippen LogP contribution in [0.25, 0.3) is 12.2 Å². The molecule has 0 saturated carbocycles. The summed E-state index contributed by atoms with van der Waals surface area (Å²) in [6, 6.07) is 16.5. The first-order valence-electron chi connectivity index (χ1n) is 6.78. The average Bonchev–Trinajstić information content (AvgIpc) is 2.51. The lowest BCUT2D eigenvalue weighted by Crippen LogP contribution is -2.51. The van der Waals surface area contributed by atoms with E-state index in [9.17, 15) is 0 Å². The number of ether oxygens (including phenoxy) is 1. The molecule has 4 rings (SSSR count). The third-order valence-electron chi connectivity index (χ3n) is 4.02. The molecule has 98 valence electrons. The van der Waals surface area contributed by atoms with Crippen molar-refractivity contribution >= 4 is 17.8 Å². The quantitative estimate of drug-likeness (QED) is 0.712. The van der Waals surface area contributed by atoms with Gasteiger partial charge in [-0.15, -0.1) is 0 Å². The molecule has 1 spiro atoms. The van der Waals surface area contributed by atoms with Crippen molar-refractivity contribution in [3.8, 4) is 5.75 Å². The molecule has 0 bridgehead atoms. The summed E-state index contributed by atoms with van der Waals surface area (Å²) in [6.45, 7) is 0. The van der Waals surface area contributed by atoms with Crippen LogP contribution < -0.4 is 9.64 Å². The highest BCUT2D eigenvalue weighted by Crippen LogP contribution is 2.39. The van der Waals surface area contributed by atoms with Gasteiger partial charge in [-0.1, -0.05) is 42.5 Å². The maximum absolute atomic E-state index is 6.28. The van der Waals surface area contributed by atoms with Gasteiger partial charge in [0, 0.05) is 18.3 Å². The van der Waals surface area contributed by atoms with Crippen LogP contribution in [0, 0.1) is 0 Å². The summed E-state index contributed by atoms with van der Waals surface area (Å²) in [6.07, 6.45) is 8.49. The molecular formula is C18H15NO. The molecule has 2 nitrogen and oxygen atoms in total. The number of para-hydroxylation sites is 2. The lowest BCUT2D eigenvalue weighted by molar-refractivity contribution is 0.168. The molecule has 0 aliphatic carbocycles. The normalized spacial score (nSPS) is 22.4. The number of hydrogen-bond donors (Lipinski definition) is 0. The van der Waals surface area contributed by atoms with Gasteiger partial charge in [-0.25, -0.2) is 0 Å². The third-order valence-corrected chi connectivity index (χ3v) is 4.02. The highest BCUT2D eigenvalue weighted by atomic mass is 16.5. The van der Waals surface area contributed by atoms with E-state index in [2.05, 4.69) is 66.6 Å². The first-order chi connectivity index (χ1) is 9.78. The van der Waals surface area contributed by atoms with Gasteiger partial charge in [0.1, 0.15) is 5.75 Å². The summed E-state index contributed by atoms with van der Waals surface area (Å²) in [7, 11) is 2.07. The second-order valence-electron chi connectivity index (χ2n) is 5.18. The molecule has 1 atom stereocenters. The highest BCUT2D eigenvalue weighted by Gasteiger charge is 2.37. The molecule has 2 heteroatoms. The molecule has 2 aromatic carbocycles. The summed E-state index contributed by atoms with van der Waals surface area (Å²) in [5, 5.41) is 0. The van der Waals surface area contributed by atoms with Gasteiger partial charge < -0.3 is 9.64 Å². The summed E-state index contributed by atoms with van der Waals surface area (Å²) in [5.41, 5.74) is 3.00. The zero-order valence-electron chi connectivity index (χ0n) is 11.3. The number of rotatable bonds is 0. The van der Waals surface area contributed by atoms with Crippen LogP contribution in [0.3, 0.4) is 0 Å². The molecule has 1 unspecified atom stereocenters. The van der Waals surface area contributed by atoms with E-state index in [4.69, 9.17) is 4.74 Å². The maximum atomic E-state index is 6.28. The number of anilines is 1. The largest absolute Gasteiger partial charge is 0.460 e. The van der Waals surface area contributed by atoms with Crippen LogP contribution in [0.2, 0.25) is 0 Å². The number of hydrogen-bond acceptors (Lipinski definition) is 2. The van der Waals surface area contributed by atoms with Crippen molar-refractivity contribution in [2.24, 2.45) is 0 Å². The van der Waals surface area contributed by atoms with E-state index in [1.165, 1.54) is 11.3 Å². The highest BCUT2D eigenvalue weighted by molar-refractivity contribution is 5.76. The molecule has 0 amide bonds. The number of fused-ring (bicyclic) bond motifs is 2. The van der Waals surface area contributed by atoms with Crippen LogP contribution in [0.4, 0.5) is 5.69 Å². The minimum Gasteiger partial charge on any atom is -0.460 e. The van der Waals surface area contributed by atoms with Gasteiger partial charge in [-0.3, -0.25) is 0 Å². The van der Waals surface area contributed by atoms with Crippen molar-refractivity contribution in [3.05, 3.63) is 71.8 Å². The Morgan fingerprint density at radius 3 is 2.35 bits per heavy atom. The van der Waals surface area contributed by atoms with Crippen molar-refractivity contribution in [1.82, 2.24) is 0 Å². The second-order valence-corrected chi connectivity index (χ2v) is 5.18. The Morgan fingerprint density at radius 2 is 1.50 bits per heavy atom. The molecule has 0 aromatic heterocycles. The first kappa shape index (κ1) is 11.4. The SMILES string of the molecule is CN1c2ccccc2C=CC12C=Cc1ccccc1O2. The van der Waals surface area contributed by atoms with Crippen LogP contribution in [0.1, 0.15) is 11.1 Å². The first-order valence-corrected chi connectivity index (χ1v) is 6.78. The molecule has 0 fully saturated rings. The van der Waals surface area contributed by atoms with Gasteiger partial charge in [0.25, 0.3) is 0 Å². The smallest absolute Gasteiger partial charge is 0.222 e. The van der Waals surface area contributed by atoms with E-state index in [1.54, 1.807) is 0 Å². The molecule has 2 aliphatic heterocycles. The van der Waals surface area contributed by atoms with E-state index < -0.39 is 5.72 Å². The van der Waals surface area contributed by atoms with Crippen LogP contribution in [0.15, 0.2) is 60.7 Å². The van der Waals surface area contributed by atoms with E-state index in [-0.39, 0.29) is 0 Å². The van der Waals surface area contributed by atoms with Gasteiger partial charge in [0.2, 0.25) is 5.72 Å².